The molecule has 0 saturated carbocycles. The lowest BCUT2D eigenvalue weighted by atomic mass is 10.0. The Balaban J connectivity index is 2.90. The molecule has 0 aliphatic rings. The molecule has 19 heavy (non-hydrogen) atoms. The molecule has 0 spiro atoms. The molecule has 4 N–H and O–H groups in total. The Morgan fingerprint density at radius 3 is 2.68 bits per heavy atom. The third-order valence-electron chi connectivity index (χ3n) is 2.67. The average molecular weight is 264 g/mol. The lowest BCUT2D eigenvalue weighted by Gasteiger charge is -2.23. The molecule has 0 atom stereocenters. The molecule has 0 aromatic carbocycles. The monoisotopic (exact) mass is 264 g/mol. The zero-order valence-corrected chi connectivity index (χ0v) is 11.5. The number of nitrogens with zero attached hydrogens (tertiary/aromatic N) is 1. The van der Waals surface area contributed by atoms with Gasteiger partial charge in [0.15, 0.2) is 0 Å². The summed E-state index contributed by atoms with van der Waals surface area (Å²) in [5.74, 6) is -0.969. The summed E-state index contributed by atoms with van der Waals surface area (Å²) in [6.45, 7) is 5.90. The van der Waals surface area contributed by atoms with Crippen LogP contribution in [0.4, 0.5) is 5.69 Å². The second-order valence-corrected chi connectivity index (χ2v) is 4.79. The van der Waals surface area contributed by atoms with Crippen molar-refractivity contribution in [1.29, 1.82) is 0 Å². The van der Waals surface area contributed by atoms with Gasteiger partial charge < -0.3 is 16.4 Å². The smallest absolute Gasteiger partial charge is 0.255 e. The maximum Gasteiger partial charge on any atom is 0.255 e. The first kappa shape index (κ1) is 14.9. The highest BCUT2D eigenvalue weighted by Gasteiger charge is 2.28. The number of nitrogens with one attached hydrogen (secondary N) is 2. The van der Waals surface area contributed by atoms with Crippen LogP contribution in [0.15, 0.2) is 18.5 Å². The van der Waals surface area contributed by atoms with Gasteiger partial charge in [-0.2, -0.15) is 0 Å². The fourth-order valence-electron chi connectivity index (χ4n) is 1.40. The van der Waals surface area contributed by atoms with Crippen LogP contribution in [0.1, 0.15) is 37.6 Å². The lowest BCUT2D eigenvalue weighted by Crippen LogP contribution is -2.53. The van der Waals surface area contributed by atoms with E-state index in [1.54, 1.807) is 26.1 Å². The zero-order chi connectivity index (χ0) is 14.5. The Labute approximate surface area is 112 Å². The number of carbonyl (C=O) groups is 2. The standard InChI is InChI=1S/C13H20N4O2/c1-4-6-16-10-5-7-15-8-9(10)11(18)17-13(2,3)12(14)19/h5,7-8H,4,6H2,1-3H3,(H2,14,19)(H,15,16)(H,17,18). The molecule has 6 heteroatoms. The summed E-state index contributed by atoms with van der Waals surface area (Å²) < 4.78 is 0. The summed E-state index contributed by atoms with van der Waals surface area (Å²) in [6, 6.07) is 1.72. The van der Waals surface area contributed by atoms with E-state index in [2.05, 4.69) is 15.6 Å². The predicted molar refractivity (Wildman–Crippen MR) is 73.8 cm³/mol. The van der Waals surface area contributed by atoms with Gasteiger partial charge in [0.05, 0.1) is 11.3 Å². The minimum atomic E-state index is -1.10. The van der Waals surface area contributed by atoms with Crippen LogP contribution in [0.5, 0.6) is 0 Å². The van der Waals surface area contributed by atoms with Crippen molar-refractivity contribution in [1.82, 2.24) is 10.3 Å². The van der Waals surface area contributed by atoms with E-state index in [0.717, 1.165) is 13.0 Å². The van der Waals surface area contributed by atoms with Crippen LogP contribution in [-0.4, -0.2) is 28.9 Å². The molecular weight excluding hydrogens is 244 g/mol. The minimum absolute atomic E-state index is 0.379. The van der Waals surface area contributed by atoms with E-state index >= 15 is 0 Å². The van der Waals surface area contributed by atoms with Crippen molar-refractivity contribution in [2.75, 3.05) is 11.9 Å². The third-order valence-corrected chi connectivity index (χ3v) is 2.67. The van der Waals surface area contributed by atoms with Crippen LogP contribution >= 0.6 is 0 Å². The third kappa shape index (κ3) is 3.94. The molecule has 0 aliphatic carbocycles. The van der Waals surface area contributed by atoms with Crippen LogP contribution in [0.2, 0.25) is 0 Å². The minimum Gasteiger partial charge on any atom is -0.384 e. The van der Waals surface area contributed by atoms with Crippen LogP contribution in [0.3, 0.4) is 0 Å². The first-order valence-corrected chi connectivity index (χ1v) is 6.18. The SMILES string of the molecule is CCCNc1ccncc1C(=O)NC(C)(C)C(N)=O. The van der Waals surface area contributed by atoms with E-state index < -0.39 is 11.4 Å². The van der Waals surface area contributed by atoms with Gasteiger partial charge in [-0.15, -0.1) is 0 Å². The second kappa shape index (κ2) is 6.17. The molecule has 0 aliphatic heterocycles. The van der Waals surface area contributed by atoms with Gasteiger partial charge in [0.25, 0.3) is 5.91 Å². The Bertz CT molecular complexity index is 471. The van der Waals surface area contributed by atoms with Crippen LogP contribution in [-0.2, 0) is 4.79 Å². The molecule has 0 bridgehead atoms. The van der Waals surface area contributed by atoms with E-state index in [9.17, 15) is 9.59 Å². The van der Waals surface area contributed by atoms with Crippen LogP contribution in [0, 0.1) is 0 Å². The summed E-state index contributed by atoms with van der Waals surface area (Å²) in [6.07, 6.45) is 4.01. The number of amides is 2. The molecule has 104 valence electrons. The van der Waals surface area contributed by atoms with Gasteiger partial charge in [0, 0.05) is 18.9 Å². The van der Waals surface area contributed by atoms with Gasteiger partial charge in [0.2, 0.25) is 5.91 Å². The molecular formula is C13H20N4O2. The van der Waals surface area contributed by atoms with E-state index in [1.807, 2.05) is 6.92 Å². The molecule has 2 amide bonds. The number of aromatic nitrogens is 1. The summed E-state index contributed by atoms with van der Waals surface area (Å²) in [5.41, 5.74) is 5.21. The summed E-state index contributed by atoms with van der Waals surface area (Å²) in [4.78, 5) is 27.3. The molecule has 6 nitrogen and oxygen atoms in total. The normalized spacial score (nSPS) is 10.9. The molecule has 1 heterocycles. The first-order valence-electron chi connectivity index (χ1n) is 6.18. The summed E-state index contributed by atoms with van der Waals surface area (Å²) in [7, 11) is 0. The van der Waals surface area contributed by atoms with Gasteiger partial charge in [-0.25, -0.2) is 0 Å². The van der Waals surface area contributed by atoms with Crippen molar-refractivity contribution < 1.29 is 9.59 Å². The van der Waals surface area contributed by atoms with E-state index in [1.165, 1.54) is 6.20 Å². The quantitative estimate of drug-likeness (QED) is 0.711. The first-order chi connectivity index (χ1) is 8.88. The van der Waals surface area contributed by atoms with Crippen molar-refractivity contribution in [3.05, 3.63) is 24.0 Å². The fraction of sp³-hybridized carbons (Fsp3) is 0.462. The van der Waals surface area contributed by atoms with E-state index in [-0.39, 0.29) is 5.91 Å². The highest BCUT2D eigenvalue weighted by atomic mass is 16.2. The Morgan fingerprint density at radius 1 is 1.42 bits per heavy atom. The number of pyridine rings is 1. The maximum absolute atomic E-state index is 12.1. The number of hydrogen-bond donors (Lipinski definition) is 3. The van der Waals surface area contributed by atoms with Crippen LogP contribution < -0.4 is 16.4 Å². The number of rotatable bonds is 6. The fourth-order valence-corrected chi connectivity index (χ4v) is 1.40. The zero-order valence-electron chi connectivity index (χ0n) is 11.5. The average Bonchev–Trinajstić information content (AvgIpc) is 2.36. The molecule has 0 radical (unpaired) electrons. The van der Waals surface area contributed by atoms with Crippen molar-refractivity contribution in [3.8, 4) is 0 Å². The van der Waals surface area contributed by atoms with Gasteiger partial charge in [-0.1, -0.05) is 6.92 Å². The lowest BCUT2D eigenvalue weighted by molar-refractivity contribution is -0.122. The number of carbonyl (C=O) groups excluding carboxylic acids is 2. The Hall–Kier alpha value is -2.11. The molecule has 1 aromatic rings. The molecule has 0 fully saturated rings. The van der Waals surface area contributed by atoms with E-state index in [0.29, 0.717) is 11.3 Å². The highest BCUT2D eigenvalue weighted by Crippen LogP contribution is 2.14. The summed E-state index contributed by atoms with van der Waals surface area (Å²) in [5, 5.41) is 5.74. The Morgan fingerprint density at radius 2 is 2.11 bits per heavy atom. The Kier molecular flexibility index (Phi) is 4.86. The number of anilines is 1. The number of hydrogen-bond acceptors (Lipinski definition) is 4. The van der Waals surface area contributed by atoms with Crippen molar-refractivity contribution in [3.63, 3.8) is 0 Å². The van der Waals surface area contributed by atoms with Crippen LogP contribution in [0.25, 0.3) is 0 Å². The van der Waals surface area contributed by atoms with Crippen molar-refractivity contribution in [2.24, 2.45) is 5.73 Å². The molecule has 0 unspecified atom stereocenters. The topological polar surface area (TPSA) is 97.1 Å². The van der Waals surface area contributed by atoms with Gasteiger partial charge in [-0.3, -0.25) is 14.6 Å². The number of primary amides is 1. The molecule has 0 saturated heterocycles. The van der Waals surface area contributed by atoms with Gasteiger partial charge in [-0.05, 0) is 26.3 Å². The second-order valence-electron chi connectivity index (χ2n) is 4.79. The highest BCUT2D eigenvalue weighted by molar-refractivity contribution is 6.02. The molecule has 1 rings (SSSR count). The largest absolute Gasteiger partial charge is 0.384 e. The predicted octanol–water partition coefficient (Wildman–Crippen LogP) is 0.897. The van der Waals surface area contributed by atoms with Gasteiger partial charge >= 0.3 is 0 Å². The molecule has 1 aromatic heterocycles. The van der Waals surface area contributed by atoms with E-state index in [4.69, 9.17) is 5.73 Å². The summed E-state index contributed by atoms with van der Waals surface area (Å²) >= 11 is 0. The maximum atomic E-state index is 12.1. The van der Waals surface area contributed by atoms with Gasteiger partial charge in [0.1, 0.15) is 5.54 Å². The van der Waals surface area contributed by atoms with Crippen molar-refractivity contribution in [2.45, 2.75) is 32.7 Å². The number of nitrogens with two attached hydrogens (primary N) is 1. The van der Waals surface area contributed by atoms with Crippen molar-refractivity contribution >= 4 is 17.5 Å².